The molecular formula is C26H21F4NO2. The molecule has 0 atom stereocenters. The Morgan fingerprint density at radius 1 is 0.970 bits per heavy atom. The molecule has 0 saturated carbocycles. The van der Waals surface area contributed by atoms with Crippen LogP contribution in [0.15, 0.2) is 72.8 Å². The molecule has 1 N–H and O–H groups in total. The van der Waals surface area contributed by atoms with Crippen LogP contribution in [0.4, 0.5) is 22.4 Å². The number of amides is 1. The Bertz CT molecular complexity index is 1140. The Hall–Kier alpha value is -3.61. The average molecular weight is 455 g/mol. The molecule has 0 bridgehead atoms. The first-order chi connectivity index (χ1) is 15.8. The third-order valence-corrected chi connectivity index (χ3v) is 5.48. The standard InChI is InChI=1S/C26H21F4NO2/c27-19-14-17(13-18(15-19)26(28,29)30)7-5-6-12-31-25(32)33-16-24-22-10-3-1-8-20(22)21-9-2-4-11-23(21)24/h1-5,7-11,13-15,24H,6,12,16H2,(H,31,32). The summed E-state index contributed by atoms with van der Waals surface area (Å²) >= 11 is 0. The number of fused-ring (bicyclic) bond motifs is 3. The minimum atomic E-state index is -4.61. The highest BCUT2D eigenvalue weighted by atomic mass is 19.4. The van der Waals surface area contributed by atoms with Gasteiger partial charge in [-0.05, 0) is 52.4 Å². The second-order valence-electron chi connectivity index (χ2n) is 7.71. The highest BCUT2D eigenvalue weighted by molar-refractivity contribution is 5.79. The minimum absolute atomic E-state index is 0.0427. The van der Waals surface area contributed by atoms with Gasteiger partial charge in [-0.3, -0.25) is 0 Å². The summed E-state index contributed by atoms with van der Waals surface area (Å²) in [4.78, 5) is 12.1. The predicted octanol–water partition coefficient (Wildman–Crippen LogP) is 6.79. The molecule has 3 aromatic rings. The molecule has 3 aromatic carbocycles. The topological polar surface area (TPSA) is 38.3 Å². The van der Waals surface area contributed by atoms with Gasteiger partial charge in [0, 0.05) is 12.5 Å². The molecule has 33 heavy (non-hydrogen) atoms. The third kappa shape index (κ3) is 5.25. The van der Waals surface area contributed by atoms with E-state index >= 15 is 0 Å². The normalized spacial score (nSPS) is 13.1. The molecule has 0 fully saturated rings. The van der Waals surface area contributed by atoms with E-state index in [-0.39, 0.29) is 24.6 Å². The third-order valence-electron chi connectivity index (χ3n) is 5.48. The lowest BCUT2D eigenvalue weighted by molar-refractivity contribution is -0.137. The molecule has 0 radical (unpaired) electrons. The molecule has 1 aliphatic rings. The van der Waals surface area contributed by atoms with E-state index in [4.69, 9.17) is 4.74 Å². The molecule has 0 unspecified atom stereocenters. The second kappa shape index (κ2) is 9.48. The Kier molecular flexibility index (Phi) is 6.49. The highest BCUT2D eigenvalue weighted by Gasteiger charge is 2.31. The number of carbonyl (C=O) groups is 1. The van der Waals surface area contributed by atoms with Gasteiger partial charge in [0.1, 0.15) is 12.4 Å². The van der Waals surface area contributed by atoms with Crippen LogP contribution in [-0.4, -0.2) is 19.2 Å². The van der Waals surface area contributed by atoms with Crippen LogP contribution in [-0.2, 0) is 10.9 Å². The summed E-state index contributed by atoms with van der Waals surface area (Å²) in [6, 6.07) is 18.4. The maximum absolute atomic E-state index is 13.4. The van der Waals surface area contributed by atoms with E-state index in [1.807, 2.05) is 36.4 Å². The van der Waals surface area contributed by atoms with Gasteiger partial charge in [-0.1, -0.05) is 60.7 Å². The largest absolute Gasteiger partial charge is 0.449 e. The summed E-state index contributed by atoms with van der Waals surface area (Å²) in [6.07, 6.45) is -1.88. The van der Waals surface area contributed by atoms with Gasteiger partial charge >= 0.3 is 12.3 Å². The highest BCUT2D eigenvalue weighted by Crippen LogP contribution is 2.44. The van der Waals surface area contributed by atoms with E-state index in [2.05, 4.69) is 17.4 Å². The quantitative estimate of drug-likeness (QED) is 0.328. The number of alkyl halides is 3. The number of ether oxygens (including phenoxy) is 1. The number of carbonyl (C=O) groups excluding carboxylic acids is 1. The molecule has 4 rings (SSSR count). The van der Waals surface area contributed by atoms with Gasteiger partial charge < -0.3 is 10.1 Å². The average Bonchev–Trinajstić information content (AvgIpc) is 3.10. The second-order valence-corrected chi connectivity index (χ2v) is 7.71. The number of hydrogen-bond donors (Lipinski definition) is 1. The zero-order valence-corrected chi connectivity index (χ0v) is 17.5. The monoisotopic (exact) mass is 455 g/mol. The Balaban J connectivity index is 1.28. The molecule has 0 aliphatic heterocycles. The van der Waals surface area contributed by atoms with E-state index in [0.29, 0.717) is 12.5 Å². The van der Waals surface area contributed by atoms with Crippen molar-refractivity contribution in [2.75, 3.05) is 13.2 Å². The summed E-state index contributed by atoms with van der Waals surface area (Å²) in [5.41, 5.74) is 3.56. The zero-order valence-electron chi connectivity index (χ0n) is 17.5. The van der Waals surface area contributed by atoms with Crippen molar-refractivity contribution in [3.63, 3.8) is 0 Å². The van der Waals surface area contributed by atoms with Crippen molar-refractivity contribution in [3.8, 4) is 11.1 Å². The summed E-state index contributed by atoms with van der Waals surface area (Å²) < 4.78 is 57.2. The van der Waals surface area contributed by atoms with Crippen LogP contribution in [0.1, 0.15) is 34.6 Å². The Labute approximate surface area is 188 Å². The van der Waals surface area contributed by atoms with Crippen LogP contribution in [0.5, 0.6) is 0 Å². The number of alkyl carbamates (subject to hydrolysis) is 1. The molecule has 1 aliphatic carbocycles. The summed E-state index contributed by atoms with van der Waals surface area (Å²) in [5.74, 6) is -1.000. The molecule has 0 saturated heterocycles. The van der Waals surface area contributed by atoms with Crippen LogP contribution in [0.2, 0.25) is 0 Å². The molecular weight excluding hydrogens is 434 g/mol. The lowest BCUT2D eigenvalue weighted by atomic mass is 9.98. The maximum Gasteiger partial charge on any atom is 0.416 e. The van der Waals surface area contributed by atoms with Crippen LogP contribution in [0.3, 0.4) is 0 Å². The number of halogens is 4. The van der Waals surface area contributed by atoms with Gasteiger partial charge in [0.15, 0.2) is 0 Å². The van der Waals surface area contributed by atoms with Crippen LogP contribution in [0, 0.1) is 5.82 Å². The van der Waals surface area contributed by atoms with Crippen molar-refractivity contribution in [2.45, 2.75) is 18.5 Å². The molecule has 3 nitrogen and oxygen atoms in total. The van der Waals surface area contributed by atoms with Crippen molar-refractivity contribution in [1.82, 2.24) is 5.32 Å². The fraction of sp³-hybridized carbons (Fsp3) is 0.192. The van der Waals surface area contributed by atoms with E-state index in [9.17, 15) is 22.4 Å². The van der Waals surface area contributed by atoms with Gasteiger partial charge in [-0.25, -0.2) is 9.18 Å². The lowest BCUT2D eigenvalue weighted by Crippen LogP contribution is -2.26. The van der Waals surface area contributed by atoms with Crippen molar-refractivity contribution in [3.05, 3.63) is 101 Å². The smallest absolute Gasteiger partial charge is 0.416 e. The molecule has 0 spiro atoms. The fourth-order valence-electron chi connectivity index (χ4n) is 4.00. The Morgan fingerprint density at radius 2 is 1.61 bits per heavy atom. The number of benzene rings is 3. The molecule has 7 heteroatoms. The first kappa shape index (κ1) is 22.6. The summed E-state index contributed by atoms with van der Waals surface area (Å²) in [5, 5.41) is 2.62. The minimum Gasteiger partial charge on any atom is -0.449 e. The summed E-state index contributed by atoms with van der Waals surface area (Å²) in [7, 11) is 0. The number of nitrogens with one attached hydrogen (secondary N) is 1. The molecule has 0 heterocycles. The van der Waals surface area contributed by atoms with E-state index in [0.717, 1.165) is 34.4 Å². The Morgan fingerprint density at radius 3 is 2.24 bits per heavy atom. The molecule has 1 amide bonds. The fourth-order valence-corrected chi connectivity index (χ4v) is 4.00. The summed E-state index contributed by atoms with van der Waals surface area (Å²) in [6.45, 7) is 0.424. The lowest BCUT2D eigenvalue weighted by Gasteiger charge is -2.14. The maximum atomic E-state index is 13.4. The SMILES string of the molecule is O=C(NCCC=Cc1cc(F)cc(C(F)(F)F)c1)OCC1c2ccccc2-c2ccccc21. The van der Waals surface area contributed by atoms with Gasteiger partial charge in [-0.15, -0.1) is 0 Å². The van der Waals surface area contributed by atoms with Crippen molar-refractivity contribution < 1.29 is 27.1 Å². The van der Waals surface area contributed by atoms with Gasteiger partial charge in [-0.2, -0.15) is 13.2 Å². The first-order valence-electron chi connectivity index (χ1n) is 10.5. The first-order valence-corrected chi connectivity index (χ1v) is 10.5. The van der Waals surface area contributed by atoms with E-state index in [1.54, 1.807) is 6.08 Å². The van der Waals surface area contributed by atoms with E-state index in [1.165, 1.54) is 6.08 Å². The zero-order chi connectivity index (χ0) is 23.4. The van der Waals surface area contributed by atoms with Crippen molar-refractivity contribution >= 4 is 12.2 Å². The van der Waals surface area contributed by atoms with Gasteiger partial charge in [0.2, 0.25) is 0 Å². The van der Waals surface area contributed by atoms with Gasteiger partial charge in [0.25, 0.3) is 0 Å². The number of hydrogen-bond acceptors (Lipinski definition) is 2. The van der Waals surface area contributed by atoms with Gasteiger partial charge in [0.05, 0.1) is 5.56 Å². The van der Waals surface area contributed by atoms with E-state index < -0.39 is 23.7 Å². The van der Waals surface area contributed by atoms with Crippen molar-refractivity contribution in [1.29, 1.82) is 0 Å². The molecule has 0 aromatic heterocycles. The van der Waals surface area contributed by atoms with Crippen LogP contribution in [0.25, 0.3) is 17.2 Å². The number of rotatable bonds is 6. The van der Waals surface area contributed by atoms with Crippen LogP contribution < -0.4 is 5.32 Å². The molecule has 170 valence electrons. The van der Waals surface area contributed by atoms with Crippen molar-refractivity contribution in [2.24, 2.45) is 0 Å². The van der Waals surface area contributed by atoms with Crippen LogP contribution >= 0.6 is 0 Å². The predicted molar refractivity (Wildman–Crippen MR) is 118 cm³/mol.